The fourth-order valence-electron chi connectivity index (χ4n) is 2.28. The highest BCUT2D eigenvalue weighted by atomic mass is 19.1. The number of rotatable bonds is 5. The van der Waals surface area contributed by atoms with Gasteiger partial charge in [-0.2, -0.15) is 0 Å². The predicted octanol–water partition coefficient (Wildman–Crippen LogP) is 3.50. The van der Waals surface area contributed by atoms with Crippen molar-refractivity contribution in [2.45, 2.75) is 45.8 Å². The third kappa shape index (κ3) is 2.97. The molecule has 1 aromatic rings. The molecule has 1 rings (SSSR count). The zero-order chi connectivity index (χ0) is 13.0. The first-order valence-electron chi connectivity index (χ1n) is 6.22. The van der Waals surface area contributed by atoms with E-state index in [1.165, 1.54) is 6.07 Å². The van der Waals surface area contributed by atoms with Gasteiger partial charge in [0.15, 0.2) is 0 Å². The largest absolute Gasteiger partial charge is 0.389 e. The van der Waals surface area contributed by atoms with Gasteiger partial charge in [-0.05, 0) is 31.9 Å². The average molecular weight is 239 g/mol. The van der Waals surface area contributed by atoms with Crippen molar-refractivity contribution in [2.24, 2.45) is 0 Å². The summed E-state index contributed by atoms with van der Waals surface area (Å²) in [4.78, 5) is 2.06. The quantitative estimate of drug-likeness (QED) is 0.850. The van der Waals surface area contributed by atoms with E-state index in [2.05, 4.69) is 18.7 Å². The molecule has 0 aliphatic heterocycles. The van der Waals surface area contributed by atoms with E-state index in [1.54, 1.807) is 13.0 Å². The van der Waals surface area contributed by atoms with Crippen molar-refractivity contribution in [3.05, 3.63) is 29.6 Å². The molecule has 0 fully saturated rings. The molecule has 3 heteroatoms. The first-order valence-corrected chi connectivity index (χ1v) is 6.22. The minimum absolute atomic E-state index is 0.338. The molecule has 0 aromatic heterocycles. The second kappa shape index (κ2) is 6.01. The second-order valence-corrected chi connectivity index (χ2v) is 4.43. The van der Waals surface area contributed by atoms with Gasteiger partial charge in [0.2, 0.25) is 0 Å². The van der Waals surface area contributed by atoms with E-state index < -0.39 is 6.10 Å². The highest BCUT2D eigenvalue weighted by molar-refractivity contribution is 5.55. The summed E-state index contributed by atoms with van der Waals surface area (Å²) < 4.78 is 13.7. The van der Waals surface area contributed by atoms with E-state index in [4.69, 9.17) is 0 Å². The number of nitrogens with zero attached hydrogens (tertiary/aromatic N) is 1. The Morgan fingerprint density at radius 1 is 1.29 bits per heavy atom. The molecule has 1 N–H and O–H groups in total. The topological polar surface area (TPSA) is 23.5 Å². The molecule has 2 nitrogen and oxygen atoms in total. The molecule has 0 aliphatic carbocycles. The van der Waals surface area contributed by atoms with E-state index in [9.17, 15) is 9.50 Å². The van der Waals surface area contributed by atoms with Crippen molar-refractivity contribution < 1.29 is 9.50 Å². The normalized spacial score (nSPS) is 12.9. The Morgan fingerprint density at radius 2 is 1.88 bits per heavy atom. The number of benzene rings is 1. The zero-order valence-electron chi connectivity index (χ0n) is 11.1. The fraction of sp³-hybridized carbons (Fsp3) is 0.571. The molecule has 1 aromatic carbocycles. The lowest BCUT2D eigenvalue weighted by atomic mass is 10.0. The van der Waals surface area contributed by atoms with Gasteiger partial charge >= 0.3 is 0 Å². The van der Waals surface area contributed by atoms with Crippen LogP contribution in [0.2, 0.25) is 0 Å². The highest BCUT2D eigenvalue weighted by Gasteiger charge is 2.19. The molecule has 0 saturated carbocycles. The van der Waals surface area contributed by atoms with E-state index >= 15 is 0 Å². The van der Waals surface area contributed by atoms with Crippen LogP contribution >= 0.6 is 0 Å². The maximum absolute atomic E-state index is 13.7. The van der Waals surface area contributed by atoms with Gasteiger partial charge in [-0.15, -0.1) is 0 Å². The van der Waals surface area contributed by atoms with Crippen LogP contribution < -0.4 is 4.90 Å². The standard InChI is InChI=1S/C14H22FNO/c1-5-11(6-2)16(4)13-9-7-8-12(15)14(13)10(3)17/h7-11,17H,5-6H2,1-4H3/t10-/m1/s1. The summed E-state index contributed by atoms with van der Waals surface area (Å²) in [7, 11) is 1.96. The van der Waals surface area contributed by atoms with Crippen LogP contribution in [0.4, 0.5) is 10.1 Å². The third-order valence-electron chi connectivity index (χ3n) is 3.32. The number of aliphatic hydroxyl groups is 1. The van der Waals surface area contributed by atoms with Crippen LogP contribution in [0, 0.1) is 5.82 Å². The van der Waals surface area contributed by atoms with E-state index in [0.717, 1.165) is 18.5 Å². The molecule has 0 unspecified atom stereocenters. The van der Waals surface area contributed by atoms with Gasteiger partial charge < -0.3 is 10.0 Å². The summed E-state index contributed by atoms with van der Waals surface area (Å²) in [6.07, 6.45) is 1.22. The summed E-state index contributed by atoms with van der Waals surface area (Å²) in [6.45, 7) is 5.83. The third-order valence-corrected chi connectivity index (χ3v) is 3.32. The van der Waals surface area contributed by atoms with Crippen molar-refractivity contribution in [2.75, 3.05) is 11.9 Å². The van der Waals surface area contributed by atoms with E-state index in [1.807, 2.05) is 13.1 Å². The zero-order valence-corrected chi connectivity index (χ0v) is 11.1. The second-order valence-electron chi connectivity index (χ2n) is 4.43. The van der Waals surface area contributed by atoms with Crippen LogP contribution in [0.5, 0.6) is 0 Å². The Kier molecular flexibility index (Phi) is 4.94. The van der Waals surface area contributed by atoms with Crippen molar-refractivity contribution >= 4 is 5.69 Å². The molecule has 0 bridgehead atoms. The molecule has 1 atom stereocenters. The molecule has 17 heavy (non-hydrogen) atoms. The summed E-state index contributed by atoms with van der Waals surface area (Å²) in [5, 5.41) is 9.69. The minimum atomic E-state index is -0.789. The molecule has 0 heterocycles. The van der Waals surface area contributed by atoms with Gasteiger partial charge in [-0.1, -0.05) is 19.9 Å². The van der Waals surface area contributed by atoms with Gasteiger partial charge in [0.1, 0.15) is 5.82 Å². The van der Waals surface area contributed by atoms with Crippen LogP contribution in [0.25, 0.3) is 0 Å². The number of anilines is 1. The van der Waals surface area contributed by atoms with Crippen LogP contribution in [-0.2, 0) is 0 Å². The Balaban J connectivity index is 3.16. The number of halogens is 1. The average Bonchev–Trinajstić information content (AvgIpc) is 2.29. The molecule has 0 spiro atoms. The molecular formula is C14H22FNO. The van der Waals surface area contributed by atoms with Gasteiger partial charge in [0.25, 0.3) is 0 Å². The van der Waals surface area contributed by atoms with Crippen LogP contribution in [-0.4, -0.2) is 18.2 Å². The summed E-state index contributed by atoms with van der Waals surface area (Å²) in [5.74, 6) is -0.338. The number of hydrogen-bond acceptors (Lipinski definition) is 2. The predicted molar refractivity (Wildman–Crippen MR) is 69.8 cm³/mol. The number of hydrogen-bond donors (Lipinski definition) is 1. The Hall–Kier alpha value is -1.09. The van der Waals surface area contributed by atoms with Crippen molar-refractivity contribution in [1.29, 1.82) is 0 Å². The summed E-state index contributed by atoms with van der Waals surface area (Å²) in [5.41, 5.74) is 1.18. The molecule has 0 saturated heterocycles. The Labute approximate surface area is 103 Å². The van der Waals surface area contributed by atoms with Gasteiger partial charge in [-0.25, -0.2) is 4.39 Å². The first kappa shape index (κ1) is 14.0. The Bertz CT molecular complexity index is 361. The fourth-order valence-corrected chi connectivity index (χ4v) is 2.28. The molecule has 0 aliphatic rings. The minimum Gasteiger partial charge on any atom is -0.389 e. The highest BCUT2D eigenvalue weighted by Crippen LogP contribution is 2.30. The van der Waals surface area contributed by atoms with E-state index in [0.29, 0.717) is 11.6 Å². The van der Waals surface area contributed by atoms with Crippen LogP contribution in [0.3, 0.4) is 0 Å². The lowest BCUT2D eigenvalue weighted by molar-refractivity contribution is 0.194. The lowest BCUT2D eigenvalue weighted by Gasteiger charge is -2.31. The molecular weight excluding hydrogens is 217 g/mol. The van der Waals surface area contributed by atoms with Gasteiger partial charge in [0, 0.05) is 24.3 Å². The molecule has 0 amide bonds. The SMILES string of the molecule is CCC(CC)N(C)c1cccc(F)c1[C@@H](C)O. The smallest absolute Gasteiger partial charge is 0.131 e. The maximum atomic E-state index is 13.7. The van der Waals surface area contributed by atoms with Gasteiger partial charge in [-0.3, -0.25) is 0 Å². The van der Waals surface area contributed by atoms with Gasteiger partial charge in [0.05, 0.1) is 6.10 Å². The van der Waals surface area contributed by atoms with Crippen LogP contribution in [0.1, 0.15) is 45.3 Å². The maximum Gasteiger partial charge on any atom is 0.131 e. The summed E-state index contributed by atoms with van der Waals surface area (Å²) in [6, 6.07) is 5.32. The lowest BCUT2D eigenvalue weighted by Crippen LogP contribution is -2.31. The monoisotopic (exact) mass is 239 g/mol. The molecule has 96 valence electrons. The first-order chi connectivity index (χ1) is 8.02. The Morgan fingerprint density at radius 3 is 2.35 bits per heavy atom. The van der Waals surface area contributed by atoms with Crippen LogP contribution in [0.15, 0.2) is 18.2 Å². The summed E-state index contributed by atoms with van der Waals surface area (Å²) >= 11 is 0. The van der Waals surface area contributed by atoms with Crippen molar-refractivity contribution in [3.8, 4) is 0 Å². The molecule has 0 radical (unpaired) electrons. The van der Waals surface area contributed by atoms with E-state index in [-0.39, 0.29) is 5.82 Å². The van der Waals surface area contributed by atoms with Crippen molar-refractivity contribution in [3.63, 3.8) is 0 Å². The van der Waals surface area contributed by atoms with Crippen molar-refractivity contribution in [1.82, 2.24) is 0 Å². The number of aliphatic hydroxyl groups excluding tert-OH is 1.